The number of anilines is 1. The molecule has 0 spiro atoms. The van der Waals surface area contributed by atoms with Crippen LogP contribution >= 0.6 is 11.6 Å². The fourth-order valence-corrected chi connectivity index (χ4v) is 3.16. The van der Waals surface area contributed by atoms with Crippen molar-refractivity contribution in [3.63, 3.8) is 0 Å². The first-order chi connectivity index (χ1) is 13.0. The third kappa shape index (κ3) is 3.86. The topological polar surface area (TPSA) is 69.4 Å². The smallest absolute Gasteiger partial charge is 0.339 e. The Morgan fingerprint density at radius 3 is 2.22 bits per heavy atom. The van der Waals surface area contributed by atoms with Crippen molar-refractivity contribution < 1.29 is 14.3 Å². The Balaban J connectivity index is 2.00. The number of ether oxygens (including phenoxy) is 1. The number of nitrogens with two attached hydrogens (primary N) is 1. The van der Waals surface area contributed by atoms with E-state index in [0.29, 0.717) is 12.0 Å². The van der Waals surface area contributed by atoms with Gasteiger partial charge in [0.25, 0.3) is 0 Å². The van der Waals surface area contributed by atoms with E-state index in [1.54, 1.807) is 6.07 Å². The van der Waals surface area contributed by atoms with Crippen LogP contribution in [0.3, 0.4) is 0 Å². The molecule has 5 heteroatoms. The Hall–Kier alpha value is -3.11. The minimum absolute atomic E-state index is 0.0215. The first-order valence-electron chi connectivity index (χ1n) is 8.35. The lowest BCUT2D eigenvalue weighted by Gasteiger charge is -2.13. The largest absolute Gasteiger partial charge is 0.465 e. The summed E-state index contributed by atoms with van der Waals surface area (Å²) in [4.78, 5) is 24.9. The normalized spacial score (nSPS) is 10.4. The van der Waals surface area contributed by atoms with Gasteiger partial charge in [-0.2, -0.15) is 0 Å². The van der Waals surface area contributed by atoms with Gasteiger partial charge >= 0.3 is 5.97 Å². The Morgan fingerprint density at radius 1 is 0.889 bits per heavy atom. The van der Waals surface area contributed by atoms with E-state index in [1.165, 1.54) is 19.2 Å². The molecular formula is C22H18ClNO3. The maximum atomic E-state index is 13.1. The maximum absolute atomic E-state index is 13.1. The van der Waals surface area contributed by atoms with Crippen LogP contribution in [-0.4, -0.2) is 18.9 Å². The molecule has 27 heavy (non-hydrogen) atoms. The van der Waals surface area contributed by atoms with Gasteiger partial charge in [-0.05, 0) is 29.7 Å². The van der Waals surface area contributed by atoms with Crippen molar-refractivity contribution in [3.8, 4) is 0 Å². The zero-order chi connectivity index (χ0) is 19.4. The average molecular weight is 380 g/mol. The highest BCUT2D eigenvalue weighted by molar-refractivity contribution is 6.37. The molecule has 0 aromatic heterocycles. The van der Waals surface area contributed by atoms with Crippen molar-refractivity contribution in [1.29, 1.82) is 0 Å². The van der Waals surface area contributed by atoms with Crippen LogP contribution in [0.4, 0.5) is 5.69 Å². The molecule has 3 rings (SSSR count). The van der Waals surface area contributed by atoms with E-state index in [4.69, 9.17) is 17.3 Å². The molecule has 3 aromatic carbocycles. The maximum Gasteiger partial charge on any atom is 0.339 e. The number of ketones is 1. The molecule has 0 fully saturated rings. The van der Waals surface area contributed by atoms with Crippen molar-refractivity contribution in [2.24, 2.45) is 0 Å². The SMILES string of the molecule is COC(=O)c1ccc(C(=O)c2ccccc2Cc2ccccc2)c(N)c1Cl. The number of carbonyl (C=O) groups excluding carboxylic acids is 2. The molecule has 0 saturated carbocycles. The summed E-state index contributed by atoms with van der Waals surface area (Å²) in [6.45, 7) is 0. The first-order valence-corrected chi connectivity index (χ1v) is 8.73. The summed E-state index contributed by atoms with van der Waals surface area (Å²) >= 11 is 6.20. The molecule has 0 radical (unpaired) electrons. The fourth-order valence-electron chi connectivity index (χ4n) is 2.92. The summed E-state index contributed by atoms with van der Waals surface area (Å²) < 4.78 is 4.68. The Labute approximate surface area is 162 Å². The van der Waals surface area contributed by atoms with Crippen LogP contribution in [0.15, 0.2) is 66.7 Å². The van der Waals surface area contributed by atoms with Crippen LogP contribution in [0.2, 0.25) is 5.02 Å². The molecule has 0 aliphatic heterocycles. The highest BCUT2D eigenvalue weighted by atomic mass is 35.5. The number of halogens is 1. The van der Waals surface area contributed by atoms with Crippen LogP contribution in [0, 0.1) is 0 Å². The summed E-state index contributed by atoms with van der Waals surface area (Å²) in [6.07, 6.45) is 0.622. The molecule has 136 valence electrons. The third-order valence-electron chi connectivity index (χ3n) is 4.33. The van der Waals surface area contributed by atoms with E-state index in [9.17, 15) is 9.59 Å². The predicted octanol–water partition coefficient (Wildman–Crippen LogP) is 4.53. The Bertz CT molecular complexity index is 1000. The van der Waals surface area contributed by atoms with Gasteiger partial charge in [0.2, 0.25) is 0 Å². The number of carbonyl (C=O) groups is 2. The van der Waals surface area contributed by atoms with Crippen LogP contribution in [-0.2, 0) is 11.2 Å². The van der Waals surface area contributed by atoms with Gasteiger partial charge in [0.15, 0.2) is 5.78 Å². The minimum atomic E-state index is -0.602. The Morgan fingerprint density at radius 2 is 1.52 bits per heavy atom. The molecule has 2 N–H and O–H groups in total. The first kappa shape index (κ1) is 18.7. The molecule has 0 aliphatic rings. The van der Waals surface area contributed by atoms with Crippen molar-refractivity contribution in [2.45, 2.75) is 6.42 Å². The van der Waals surface area contributed by atoms with Crippen LogP contribution < -0.4 is 5.73 Å². The van der Waals surface area contributed by atoms with Gasteiger partial charge in [0, 0.05) is 11.1 Å². The molecule has 0 aliphatic carbocycles. The van der Waals surface area contributed by atoms with E-state index < -0.39 is 5.97 Å². The van der Waals surface area contributed by atoms with Crippen molar-refractivity contribution in [2.75, 3.05) is 12.8 Å². The van der Waals surface area contributed by atoms with E-state index in [1.807, 2.05) is 48.5 Å². The third-order valence-corrected chi connectivity index (χ3v) is 4.74. The quantitative estimate of drug-likeness (QED) is 0.401. The van der Waals surface area contributed by atoms with Gasteiger partial charge in [-0.25, -0.2) is 4.79 Å². The zero-order valence-corrected chi connectivity index (χ0v) is 15.5. The van der Waals surface area contributed by atoms with Gasteiger partial charge < -0.3 is 10.5 Å². The minimum Gasteiger partial charge on any atom is -0.465 e. The van der Waals surface area contributed by atoms with Gasteiger partial charge in [0.05, 0.1) is 23.4 Å². The Kier molecular flexibility index (Phi) is 5.57. The number of hydrogen-bond donors (Lipinski definition) is 1. The number of nitrogen functional groups attached to an aromatic ring is 1. The number of benzene rings is 3. The predicted molar refractivity (Wildman–Crippen MR) is 106 cm³/mol. The monoisotopic (exact) mass is 379 g/mol. The highest BCUT2D eigenvalue weighted by Gasteiger charge is 2.21. The molecule has 0 unspecified atom stereocenters. The molecule has 0 amide bonds. The molecule has 4 nitrogen and oxygen atoms in total. The standard InChI is InChI=1S/C22H18ClNO3/c1-27-22(26)17-11-12-18(20(24)19(17)23)21(25)16-10-6-5-9-15(16)13-14-7-3-2-4-8-14/h2-12H,13,24H2,1H3. The van der Waals surface area contributed by atoms with E-state index in [-0.39, 0.29) is 27.6 Å². The number of rotatable bonds is 5. The summed E-state index contributed by atoms with van der Waals surface area (Å²) in [7, 11) is 1.26. The molecule has 0 bridgehead atoms. The van der Waals surface area contributed by atoms with Crippen molar-refractivity contribution in [1.82, 2.24) is 0 Å². The van der Waals surface area contributed by atoms with E-state index >= 15 is 0 Å². The molecular weight excluding hydrogens is 362 g/mol. The van der Waals surface area contributed by atoms with Crippen molar-refractivity contribution in [3.05, 3.63) is 99.6 Å². The van der Waals surface area contributed by atoms with E-state index in [0.717, 1.165) is 11.1 Å². The summed E-state index contributed by atoms with van der Waals surface area (Å²) in [5.74, 6) is -0.840. The highest BCUT2D eigenvalue weighted by Crippen LogP contribution is 2.30. The lowest BCUT2D eigenvalue weighted by molar-refractivity contribution is 0.0600. The van der Waals surface area contributed by atoms with Crippen LogP contribution in [0.1, 0.15) is 37.4 Å². The molecule has 0 saturated heterocycles. The molecule has 0 heterocycles. The number of esters is 1. The molecule has 0 atom stereocenters. The molecule has 3 aromatic rings. The van der Waals surface area contributed by atoms with Crippen LogP contribution in [0.5, 0.6) is 0 Å². The van der Waals surface area contributed by atoms with Crippen LogP contribution in [0.25, 0.3) is 0 Å². The van der Waals surface area contributed by atoms with Gasteiger partial charge in [-0.15, -0.1) is 0 Å². The lowest BCUT2D eigenvalue weighted by Crippen LogP contribution is -2.11. The number of hydrogen-bond acceptors (Lipinski definition) is 4. The van der Waals surface area contributed by atoms with Gasteiger partial charge in [0.1, 0.15) is 0 Å². The second-order valence-electron chi connectivity index (χ2n) is 6.03. The van der Waals surface area contributed by atoms with E-state index in [2.05, 4.69) is 4.74 Å². The summed E-state index contributed by atoms with van der Waals surface area (Å²) in [6, 6.07) is 20.2. The fraction of sp³-hybridized carbons (Fsp3) is 0.0909. The zero-order valence-electron chi connectivity index (χ0n) is 14.7. The summed E-state index contributed by atoms with van der Waals surface area (Å²) in [5.41, 5.74) is 9.06. The number of methoxy groups -OCH3 is 1. The van der Waals surface area contributed by atoms with Crippen molar-refractivity contribution >= 4 is 29.0 Å². The lowest BCUT2D eigenvalue weighted by atomic mass is 9.93. The second-order valence-corrected chi connectivity index (χ2v) is 6.41. The summed E-state index contributed by atoms with van der Waals surface area (Å²) in [5, 5.41) is 0.0215. The average Bonchev–Trinajstić information content (AvgIpc) is 2.70. The second kappa shape index (κ2) is 8.06. The van der Waals surface area contributed by atoms with Gasteiger partial charge in [-0.1, -0.05) is 66.2 Å². The van der Waals surface area contributed by atoms with Gasteiger partial charge in [-0.3, -0.25) is 4.79 Å².